The number of ether oxygens (including phenoxy) is 2. The van der Waals surface area contributed by atoms with Crippen molar-refractivity contribution in [3.05, 3.63) is 42.0 Å². The lowest BCUT2D eigenvalue weighted by Crippen LogP contribution is -2.15. The van der Waals surface area contributed by atoms with Crippen LogP contribution in [0.25, 0.3) is 11.0 Å². The van der Waals surface area contributed by atoms with E-state index >= 15 is 0 Å². The van der Waals surface area contributed by atoms with E-state index in [4.69, 9.17) is 14.6 Å². The summed E-state index contributed by atoms with van der Waals surface area (Å²) in [6.07, 6.45) is 0. The van der Waals surface area contributed by atoms with Crippen molar-refractivity contribution in [1.82, 2.24) is 9.97 Å². The predicted molar refractivity (Wildman–Crippen MR) is 92.2 cm³/mol. The lowest BCUT2D eigenvalue weighted by molar-refractivity contribution is 0.172. The minimum Gasteiger partial charge on any atom is -0.486 e. The monoisotopic (exact) mass is 360 g/mol. The van der Waals surface area contributed by atoms with Gasteiger partial charge >= 0.3 is 0 Å². The molecule has 1 aliphatic heterocycles. The molecule has 2 aromatic carbocycles. The topological polar surface area (TPSA) is 119 Å². The van der Waals surface area contributed by atoms with E-state index in [1.165, 1.54) is 12.1 Å². The molecule has 0 atom stereocenters. The van der Waals surface area contributed by atoms with Gasteiger partial charge in [-0.15, -0.1) is 0 Å². The van der Waals surface area contributed by atoms with Gasteiger partial charge in [-0.3, -0.25) is 0 Å². The maximum atomic E-state index is 11.3. The molecule has 2 heterocycles. The molecule has 0 spiro atoms. The highest BCUT2D eigenvalue weighted by atomic mass is 32.2. The van der Waals surface area contributed by atoms with Gasteiger partial charge < -0.3 is 19.8 Å². The number of rotatable bonds is 4. The van der Waals surface area contributed by atoms with Crippen LogP contribution in [-0.4, -0.2) is 31.6 Å². The van der Waals surface area contributed by atoms with Gasteiger partial charge in [0, 0.05) is 18.7 Å². The molecule has 0 radical (unpaired) electrons. The Bertz CT molecular complexity index is 985. The van der Waals surface area contributed by atoms with Crippen molar-refractivity contribution in [1.29, 1.82) is 0 Å². The number of imidazole rings is 1. The third-order valence-corrected chi connectivity index (χ3v) is 4.79. The highest BCUT2D eigenvalue weighted by Gasteiger charge is 2.15. The fourth-order valence-corrected chi connectivity index (χ4v) is 3.13. The molecule has 0 unspecified atom stereocenters. The summed E-state index contributed by atoms with van der Waals surface area (Å²) in [7, 11) is -3.67. The van der Waals surface area contributed by atoms with E-state index < -0.39 is 10.0 Å². The van der Waals surface area contributed by atoms with Crippen LogP contribution in [0.1, 0.15) is 5.56 Å². The molecule has 0 fully saturated rings. The number of nitrogens with one attached hydrogen (secondary N) is 2. The molecule has 1 aliphatic rings. The summed E-state index contributed by atoms with van der Waals surface area (Å²) in [6.45, 7) is 1.55. The summed E-state index contributed by atoms with van der Waals surface area (Å²) in [5, 5.41) is 8.26. The minimum atomic E-state index is -3.67. The van der Waals surface area contributed by atoms with Crippen molar-refractivity contribution in [2.75, 3.05) is 18.5 Å². The van der Waals surface area contributed by atoms with Crippen LogP contribution >= 0.6 is 0 Å². The van der Waals surface area contributed by atoms with E-state index in [0.717, 1.165) is 16.6 Å². The van der Waals surface area contributed by atoms with Crippen molar-refractivity contribution < 1.29 is 17.9 Å². The van der Waals surface area contributed by atoms with Crippen LogP contribution in [0, 0.1) is 0 Å². The molecule has 9 heteroatoms. The summed E-state index contributed by atoms with van der Waals surface area (Å²) < 4.78 is 33.6. The second-order valence-corrected chi connectivity index (χ2v) is 7.20. The number of benzene rings is 2. The van der Waals surface area contributed by atoms with Crippen molar-refractivity contribution in [2.45, 2.75) is 11.4 Å². The molecule has 4 N–H and O–H groups in total. The Hall–Kier alpha value is -2.78. The first kappa shape index (κ1) is 15.7. The highest BCUT2D eigenvalue weighted by molar-refractivity contribution is 7.89. The molecule has 0 aliphatic carbocycles. The number of hydrogen-bond donors (Lipinski definition) is 3. The molecule has 4 rings (SSSR count). The third kappa shape index (κ3) is 3.24. The van der Waals surface area contributed by atoms with Crippen LogP contribution in [-0.2, 0) is 16.6 Å². The standard InChI is InChI=1S/C16H16N4O4S/c17-25(21,22)11-3-1-10(2-4-11)9-18-16-19-12-7-14-15(8-13(12)20-16)24-6-5-23-14/h1-4,7-8H,5-6,9H2,(H2,17,21,22)(H2,18,19,20). The predicted octanol–water partition coefficient (Wildman–Crippen LogP) is 1.59. The van der Waals surface area contributed by atoms with Gasteiger partial charge in [0.1, 0.15) is 13.2 Å². The Morgan fingerprint density at radius 1 is 1.12 bits per heavy atom. The summed E-state index contributed by atoms with van der Waals surface area (Å²) in [5.74, 6) is 2.00. The molecular weight excluding hydrogens is 344 g/mol. The molecule has 1 aromatic heterocycles. The molecular formula is C16H16N4O4S. The zero-order valence-corrected chi connectivity index (χ0v) is 14.0. The van der Waals surface area contributed by atoms with Crippen LogP contribution < -0.4 is 19.9 Å². The van der Waals surface area contributed by atoms with Gasteiger partial charge in [-0.25, -0.2) is 18.5 Å². The second kappa shape index (κ2) is 5.94. The number of aromatic amines is 1. The van der Waals surface area contributed by atoms with Crippen LogP contribution in [0.15, 0.2) is 41.3 Å². The van der Waals surface area contributed by atoms with E-state index in [2.05, 4.69) is 15.3 Å². The van der Waals surface area contributed by atoms with Gasteiger partial charge in [-0.2, -0.15) is 0 Å². The van der Waals surface area contributed by atoms with Crippen molar-refractivity contribution in [3.63, 3.8) is 0 Å². The quantitative estimate of drug-likeness (QED) is 0.650. The number of nitrogens with two attached hydrogens (primary N) is 1. The van der Waals surface area contributed by atoms with Crippen LogP contribution in [0.3, 0.4) is 0 Å². The lowest BCUT2D eigenvalue weighted by atomic mass is 10.2. The molecule has 25 heavy (non-hydrogen) atoms. The summed E-state index contributed by atoms with van der Waals surface area (Å²) >= 11 is 0. The number of anilines is 1. The van der Waals surface area contributed by atoms with E-state index in [1.54, 1.807) is 12.1 Å². The first-order valence-electron chi connectivity index (χ1n) is 7.64. The Morgan fingerprint density at radius 3 is 2.48 bits per heavy atom. The van der Waals surface area contributed by atoms with Crippen molar-refractivity contribution >= 4 is 27.0 Å². The van der Waals surface area contributed by atoms with Crippen LogP contribution in [0.2, 0.25) is 0 Å². The normalized spacial score (nSPS) is 13.8. The van der Waals surface area contributed by atoms with E-state index in [0.29, 0.717) is 37.2 Å². The first-order valence-corrected chi connectivity index (χ1v) is 9.19. The zero-order valence-electron chi connectivity index (χ0n) is 13.2. The van der Waals surface area contributed by atoms with Crippen LogP contribution in [0.5, 0.6) is 11.5 Å². The Morgan fingerprint density at radius 2 is 1.80 bits per heavy atom. The van der Waals surface area contributed by atoms with Gasteiger partial charge in [0.15, 0.2) is 11.5 Å². The summed E-state index contributed by atoms with van der Waals surface area (Å²) in [4.78, 5) is 7.74. The maximum Gasteiger partial charge on any atom is 0.238 e. The van der Waals surface area contributed by atoms with Gasteiger partial charge in [0.05, 0.1) is 15.9 Å². The van der Waals surface area contributed by atoms with Gasteiger partial charge in [-0.1, -0.05) is 12.1 Å². The summed E-state index contributed by atoms with van der Waals surface area (Å²) in [6, 6.07) is 10.1. The first-order chi connectivity index (χ1) is 12.0. The molecule has 8 nitrogen and oxygen atoms in total. The fraction of sp³-hybridized carbons (Fsp3) is 0.188. The fourth-order valence-electron chi connectivity index (χ4n) is 2.61. The molecule has 0 bridgehead atoms. The maximum absolute atomic E-state index is 11.3. The van der Waals surface area contributed by atoms with E-state index in [-0.39, 0.29) is 4.90 Å². The SMILES string of the molecule is NS(=O)(=O)c1ccc(CNc2nc3cc4c(cc3[nH]2)OCCO4)cc1. The van der Waals surface area contributed by atoms with Crippen molar-refractivity contribution in [3.8, 4) is 11.5 Å². The number of sulfonamides is 1. The number of nitrogens with zero attached hydrogens (tertiary/aromatic N) is 1. The van der Waals surface area contributed by atoms with Gasteiger partial charge in [0.25, 0.3) is 0 Å². The average Bonchev–Trinajstić information content (AvgIpc) is 2.99. The smallest absolute Gasteiger partial charge is 0.238 e. The molecule has 3 aromatic rings. The average molecular weight is 360 g/mol. The number of fused-ring (bicyclic) bond motifs is 2. The van der Waals surface area contributed by atoms with E-state index in [1.807, 2.05) is 12.1 Å². The van der Waals surface area contributed by atoms with E-state index in [9.17, 15) is 8.42 Å². The molecule has 0 saturated carbocycles. The van der Waals surface area contributed by atoms with Crippen molar-refractivity contribution in [2.24, 2.45) is 5.14 Å². The molecule has 130 valence electrons. The number of H-pyrrole nitrogens is 1. The van der Waals surface area contributed by atoms with Gasteiger partial charge in [0.2, 0.25) is 16.0 Å². The number of aromatic nitrogens is 2. The Labute approximate surface area is 144 Å². The summed E-state index contributed by atoms with van der Waals surface area (Å²) in [5.41, 5.74) is 2.52. The Balaban J connectivity index is 1.51. The number of hydrogen-bond acceptors (Lipinski definition) is 6. The second-order valence-electron chi connectivity index (χ2n) is 5.64. The van der Waals surface area contributed by atoms with Gasteiger partial charge in [-0.05, 0) is 17.7 Å². The zero-order chi connectivity index (χ0) is 17.4. The number of primary sulfonamides is 1. The molecule has 0 saturated heterocycles. The third-order valence-electron chi connectivity index (χ3n) is 3.86. The molecule has 0 amide bonds. The van der Waals surface area contributed by atoms with Crippen LogP contribution in [0.4, 0.5) is 5.95 Å². The highest BCUT2D eigenvalue weighted by Crippen LogP contribution is 2.34. The lowest BCUT2D eigenvalue weighted by Gasteiger charge is -2.17. The largest absolute Gasteiger partial charge is 0.486 e. The Kier molecular flexibility index (Phi) is 3.74. The minimum absolute atomic E-state index is 0.0885.